The second-order valence-electron chi connectivity index (χ2n) is 20.9. The topological polar surface area (TPSA) is 384 Å². The maximum Gasteiger partial charge on any atom is 0.327 e. The number of H-pyrrole nitrogens is 1. The number of unbranched alkanes of at least 4 members (excludes halogenated alkanes) is 2. The molecule has 456 valence electrons. The number of rotatable bonds is 18. The van der Waals surface area contributed by atoms with Gasteiger partial charge in [0, 0.05) is 54.3 Å². The van der Waals surface area contributed by atoms with Gasteiger partial charge in [0.15, 0.2) is 0 Å². The Kier molecular flexibility index (Phi) is 26.7. The number of nitrogens with one attached hydrogen (secondary N) is 9. The van der Waals surface area contributed by atoms with E-state index >= 15 is 4.79 Å². The Morgan fingerprint density at radius 2 is 0.882 bits per heavy atom. The van der Waals surface area contributed by atoms with Crippen molar-refractivity contribution in [1.29, 1.82) is 0 Å². The molecule has 0 saturated carbocycles. The molecule has 0 radical (unpaired) electrons. The fourth-order valence-corrected chi connectivity index (χ4v) is 11.8. The molecule has 10 atom stereocenters. The smallest absolute Gasteiger partial charge is 0.327 e. The highest BCUT2D eigenvalue weighted by molar-refractivity contribution is 8.76. The number of aliphatic hydroxyl groups is 1. The van der Waals surface area contributed by atoms with Crippen LogP contribution in [-0.2, 0) is 68.8 Å². The van der Waals surface area contributed by atoms with Crippen LogP contribution in [0.1, 0.15) is 67.7 Å². The number of para-hydroxylation sites is 1. The number of carbonyl (C=O) groups excluding carboxylic acids is 8. The van der Waals surface area contributed by atoms with Gasteiger partial charge in [-0.25, -0.2) is 4.79 Å². The Hall–Kier alpha value is -7.81. The monoisotopic (exact) mass is 1210 g/mol. The summed E-state index contributed by atoms with van der Waals surface area (Å²) in [5.41, 5.74) is 21.2. The number of aliphatic carboxylic acids is 1. The normalized spacial score (nSPS) is 23.7. The third-order valence-corrected chi connectivity index (χ3v) is 16.7. The van der Waals surface area contributed by atoms with Crippen molar-refractivity contribution in [2.24, 2.45) is 17.2 Å². The molecule has 5 aromatic rings. The van der Waals surface area contributed by atoms with Crippen molar-refractivity contribution in [1.82, 2.24) is 47.5 Å². The molecule has 4 aromatic carbocycles. The first-order valence-corrected chi connectivity index (χ1v) is 30.8. The maximum absolute atomic E-state index is 15.1. The number of benzene rings is 4. The first kappa shape index (κ1) is 66.3. The Morgan fingerprint density at radius 1 is 0.494 bits per heavy atom. The minimum Gasteiger partial charge on any atom is -0.480 e. The van der Waals surface area contributed by atoms with Crippen molar-refractivity contribution in [3.63, 3.8) is 0 Å². The van der Waals surface area contributed by atoms with Gasteiger partial charge in [-0.15, -0.1) is 0 Å². The van der Waals surface area contributed by atoms with Crippen molar-refractivity contribution >= 4 is 85.7 Å². The molecule has 6 rings (SSSR count). The molecule has 1 saturated heterocycles. The number of hydrogen-bond donors (Lipinski definition) is 14. The number of fused-ring (bicyclic) bond motifs is 1. The quantitative estimate of drug-likeness (QED) is 0.0425. The lowest BCUT2D eigenvalue weighted by Gasteiger charge is -2.29. The summed E-state index contributed by atoms with van der Waals surface area (Å²) in [5.74, 6) is -8.42. The second-order valence-corrected chi connectivity index (χ2v) is 23.4. The number of amides is 8. The Morgan fingerprint density at radius 3 is 1.35 bits per heavy atom. The van der Waals surface area contributed by atoms with Crippen LogP contribution < -0.4 is 59.7 Å². The molecule has 0 aliphatic carbocycles. The molecule has 17 N–H and O–H groups in total. The van der Waals surface area contributed by atoms with Crippen LogP contribution in [0.5, 0.6) is 0 Å². The molecule has 0 spiro atoms. The van der Waals surface area contributed by atoms with Crippen LogP contribution in [0.3, 0.4) is 0 Å². The standard InChI is InChI=1S/C60H78N12O11S2/c1-36(73)51-59(81)70-48(31-39-21-9-4-10-22-39)57(79)71-50(60(82)83)35-85-84-34-42(63)52(74)65-44(25-13-15-27-61)53(75)67-46(29-37-17-5-2-6-18-37)55(77)68-47(30-38-19-7-3-8-20-38)56(78)69-49(32-40-33-64-43-24-12-11-23-41(40)43)58(80)66-45(54(76)72-51)26-14-16-28-62/h2-12,17-24,33,36,42,44-51,64,73H,13-16,25-32,34-35,61-63H2,1H3,(H,65,74)(H,66,80)(H,67,75)(H,68,77)(H,69,78)(H,70,81)(H,71,79)(H,72,76)(H,82,83). The number of aromatic amines is 1. The van der Waals surface area contributed by atoms with E-state index in [0.29, 0.717) is 47.9 Å². The van der Waals surface area contributed by atoms with Crippen molar-refractivity contribution in [3.05, 3.63) is 144 Å². The van der Waals surface area contributed by atoms with E-state index in [1.165, 1.54) is 6.92 Å². The Bertz CT molecular complexity index is 3010. The van der Waals surface area contributed by atoms with Crippen LogP contribution in [0.2, 0.25) is 0 Å². The molecular weight excluding hydrogens is 1130 g/mol. The van der Waals surface area contributed by atoms with Gasteiger partial charge in [0.2, 0.25) is 47.3 Å². The van der Waals surface area contributed by atoms with E-state index < -0.39 is 114 Å². The first-order valence-electron chi connectivity index (χ1n) is 28.3. The lowest BCUT2D eigenvalue weighted by atomic mass is 10.00. The predicted octanol–water partition coefficient (Wildman–Crippen LogP) is 0.763. The largest absolute Gasteiger partial charge is 0.480 e. The molecule has 1 fully saturated rings. The summed E-state index contributed by atoms with van der Waals surface area (Å²) in [7, 11) is 2.03. The summed E-state index contributed by atoms with van der Waals surface area (Å²) in [4.78, 5) is 132. The zero-order valence-corrected chi connectivity index (χ0v) is 49.0. The number of aliphatic hydroxyl groups excluding tert-OH is 1. The molecule has 2 heterocycles. The second kappa shape index (κ2) is 34.2. The van der Waals surface area contributed by atoms with Crippen molar-refractivity contribution in [2.75, 3.05) is 24.6 Å². The highest BCUT2D eigenvalue weighted by atomic mass is 33.1. The third kappa shape index (κ3) is 21.0. The van der Waals surface area contributed by atoms with Gasteiger partial charge >= 0.3 is 5.97 Å². The van der Waals surface area contributed by atoms with E-state index in [1.807, 2.05) is 24.3 Å². The summed E-state index contributed by atoms with van der Waals surface area (Å²) in [6.45, 7) is 1.76. The zero-order valence-electron chi connectivity index (χ0n) is 47.3. The molecular formula is C60H78N12O11S2. The Labute approximate surface area is 501 Å². The molecule has 23 nitrogen and oxygen atoms in total. The number of hydrogen-bond acceptors (Lipinski definition) is 15. The maximum atomic E-state index is 15.1. The average Bonchev–Trinajstić information content (AvgIpc) is 4.18. The highest BCUT2D eigenvalue weighted by Crippen LogP contribution is 2.24. The third-order valence-electron chi connectivity index (χ3n) is 14.2. The summed E-state index contributed by atoms with van der Waals surface area (Å²) >= 11 is 0. The van der Waals surface area contributed by atoms with Crippen LogP contribution in [-0.4, -0.2) is 153 Å². The molecule has 1 aliphatic heterocycles. The minimum atomic E-state index is -1.73. The number of carbonyl (C=O) groups is 9. The van der Waals surface area contributed by atoms with E-state index in [2.05, 4.69) is 47.5 Å². The van der Waals surface area contributed by atoms with Crippen LogP contribution in [0, 0.1) is 0 Å². The summed E-state index contributed by atoms with van der Waals surface area (Å²) in [6.07, 6.45) is 1.37. The minimum absolute atomic E-state index is 0.0205. The van der Waals surface area contributed by atoms with Gasteiger partial charge in [-0.2, -0.15) is 0 Å². The molecule has 0 bridgehead atoms. The van der Waals surface area contributed by atoms with E-state index in [0.717, 1.165) is 32.5 Å². The van der Waals surface area contributed by atoms with Gasteiger partial charge in [0.05, 0.1) is 12.1 Å². The summed E-state index contributed by atoms with van der Waals surface area (Å²) in [6, 6.07) is 20.7. The lowest BCUT2D eigenvalue weighted by molar-refractivity contribution is -0.141. The van der Waals surface area contributed by atoms with E-state index in [9.17, 15) is 48.6 Å². The van der Waals surface area contributed by atoms with Crippen molar-refractivity contribution in [3.8, 4) is 0 Å². The highest BCUT2D eigenvalue weighted by Gasteiger charge is 2.37. The van der Waals surface area contributed by atoms with E-state index in [-0.39, 0.29) is 63.1 Å². The van der Waals surface area contributed by atoms with Gasteiger partial charge < -0.3 is 74.9 Å². The number of aromatic nitrogens is 1. The van der Waals surface area contributed by atoms with E-state index in [1.54, 1.807) is 97.2 Å². The molecule has 10 unspecified atom stereocenters. The van der Waals surface area contributed by atoms with Crippen LogP contribution in [0.15, 0.2) is 121 Å². The lowest BCUT2D eigenvalue weighted by Crippen LogP contribution is -2.62. The molecule has 85 heavy (non-hydrogen) atoms. The zero-order chi connectivity index (χ0) is 61.3. The fraction of sp³-hybridized carbons (Fsp3) is 0.417. The van der Waals surface area contributed by atoms with Gasteiger partial charge in [-0.05, 0) is 86.9 Å². The molecule has 8 amide bonds. The number of carboxylic acid groups (broad SMARTS) is 1. The van der Waals surface area contributed by atoms with E-state index in [4.69, 9.17) is 17.2 Å². The van der Waals surface area contributed by atoms with Crippen LogP contribution >= 0.6 is 21.6 Å². The molecule has 25 heteroatoms. The number of carboxylic acids is 1. The summed E-state index contributed by atoms with van der Waals surface area (Å²) in [5, 5.41) is 43.8. The summed E-state index contributed by atoms with van der Waals surface area (Å²) < 4.78 is 0. The predicted molar refractivity (Wildman–Crippen MR) is 326 cm³/mol. The van der Waals surface area contributed by atoms with Crippen LogP contribution in [0.4, 0.5) is 0 Å². The molecule has 1 aliphatic rings. The van der Waals surface area contributed by atoms with Gasteiger partial charge in [0.25, 0.3) is 0 Å². The number of nitrogens with two attached hydrogens (primary N) is 3. The first-order chi connectivity index (χ1) is 40.9. The van der Waals surface area contributed by atoms with Crippen molar-refractivity contribution < 1.29 is 53.4 Å². The Balaban J connectivity index is 1.42. The van der Waals surface area contributed by atoms with Gasteiger partial charge in [-0.1, -0.05) is 131 Å². The molecule has 1 aromatic heterocycles. The SMILES string of the molecule is CC(O)C1NC(=O)C(CCCCN)NC(=O)C(Cc2c[nH]c3ccccc23)NC(=O)C(Cc2ccccc2)NC(=O)C(Cc2ccccc2)NC(=O)C(CCCCN)NC(=O)C(N)CSSCC(C(=O)O)NC(=O)C(Cc2ccccc2)NC1=O. The average molecular weight is 1210 g/mol. The van der Waals surface area contributed by atoms with Gasteiger partial charge in [-0.3, -0.25) is 38.4 Å². The van der Waals surface area contributed by atoms with Gasteiger partial charge in [0.1, 0.15) is 48.3 Å². The fourth-order valence-electron chi connectivity index (χ4n) is 9.48. The van der Waals surface area contributed by atoms with Crippen LogP contribution in [0.25, 0.3) is 10.9 Å². The van der Waals surface area contributed by atoms with Crippen molar-refractivity contribution in [2.45, 2.75) is 132 Å².